The van der Waals surface area contributed by atoms with E-state index in [1.54, 1.807) is 7.11 Å². The Morgan fingerprint density at radius 3 is 2.73 bits per heavy atom. The van der Waals surface area contributed by atoms with Gasteiger partial charge in [-0.25, -0.2) is 0 Å². The second-order valence-electron chi connectivity index (χ2n) is 3.78. The van der Waals surface area contributed by atoms with E-state index in [1.165, 1.54) is 0 Å². The highest BCUT2D eigenvalue weighted by atomic mass is 35.5. The van der Waals surface area contributed by atoms with E-state index in [0.717, 1.165) is 5.56 Å². The van der Waals surface area contributed by atoms with Gasteiger partial charge in [-0.3, -0.25) is 0 Å². The molecule has 2 unspecified atom stereocenters. The third-order valence-corrected chi connectivity index (χ3v) is 2.83. The highest BCUT2D eigenvalue weighted by molar-refractivity contribution is 6.30. The Morgan fingerprint density at radius 2 is 2.20 bits per heavy atom. The van der Waals surface area contributed by atoms with E-state index in [1.807, 2.05) is 24.3 Å². The molecule has 1 rings (SSSR count). The number of hydrogen-bond acceptors (Lipinski definition) is 2. The Labute approximate surface area is 95.8 Å². The first-order valence-corrected chi connectivity index (χ1v) is 5.42. The van der Waals surface area contributed by atoms with Gasteiger partial charge in [0.2, 0.25) is 0 Å². The van der Waals surface area contributed by atoms with Crippen LogP contribution in [0.1, 0.15) is 18.4 Å². The van der Waals surface area contributed by atoms with E-state index >= 15 is 0 Å². The van der Waals surface area contributed by atoms with Crippen molar-refractivity contribution in [2.24, 2.45) is 5.92 Å². The lowest BCUT2D eigenvalue weighted by molar-refractivity contribution is 0.126. The fourth-order valence-corrected chi connectivity index (χ4v) is 1.93. The molecule has 0 aromatic heterocycles. The average Bonchev–Trinajstić information content (AvgIpc) is 2.19. The summed E-state index contributed by atoms with van der Waals surface area (Å²) in [4.78, 5) is 0. The minimum atomic E-state index is 0.0867. The van der Waals surface area contributed by atoms with Gasteiger partial charge in [-0.05, 0) is 23.6 Å². The van der Waals surface area contributed by atoms with Gasteiger partial charge in [0.05, 0.1) is 6.61 Å². The third-order valence-electron chi connectivity index (χ3n) is 2.59. The van der Waals surface area contributed by atoms with Crippen molar-refractivity contribution in [2.45, 2.75) is 12.8 Å². The predicted molar refractivity (Wildman–Crippen MR) is 62.3 cm³/mol. The third kappa shape index (κ3) is 3.49. The molecule has 0 aliphatic heterocycles. The molecule has 2 nitrogen and oxygen atoms in total. The van der Waals surface area contributed by atoms with E-state index in [-0.39, 0.29) is 18.4 Å². The Kier molecular flexibility index (Phi) is 5.09. The van der Waals surface area contributed by atoms with Gasteiger partial charge in [0.1, 0.15) is 0 Å². The Morgan fingerprint density at radius 1 is 1.47 bits per heavy atom. The van der Waals surface area contributed by atoms with Crippen LogP contribution in [0.25, 0.3) is 0 Å². The van der Waals surface area contributed by atoms with Crippen molar-refractivity contribution in [2.75, 3.05) is 20.3 Å². The second-order valence-corrected chi connectivity index (χ2v) is 4.21. The molecule has 0 saturated heterocycles. The van der Waals surface area contributed by atoms with E-state index < -0.39 is 0 Å². The normalized spacial score (nSPS) is 14.9. The Bertz CT molecular complexity index is 301. The maximum Gasteiger partial charge on any atom is 0.0503 e. The average molecular weight is 229 g/mol. The molecule has 0 aliphatic carbocycles. The molecule has 0 saturated carbocycles. The van der Waals surface area contributed by atoms with Crippen LogP contribution in [0.4, 0.5) is 0 Å². The largest absolute Gasteiger partial charge is 0.396 e. The van der Waals surface area contributed by atoms with Crippen LogP contribution >= 0.6 is 11.6 Å². The summed E-state index contributed by atoms with van der Waals surface area (Å²) in [5, 5.41) is 10.1. The molecule has 0 heterocycles. The molecule has 0 bridgehead atoms. The molecule has 1 aromatic rings. The summed E-state index contributed by atoms with van der Waals surface area (Å²) in [5.74, 6) is 0.363. The van der Waals surface area contributed by atoms with E-state index in [9.17, 15) is 5.11 Å². The van der Waals surface area contributed by atoms with Crippen LogP contribution < -0.4 is 0 Å². The van der Waals surface area contributed by atoms with Gasteiger partial charge in [-0.2, -0.15) is 0 Å². The first kappa shape index (κ1) is 12.5. The molecule has 0 fully saturated rings. The van der Waals surface area contributed by atoms with Crippen molar-refractivity contribution in [3.63, 3.8) is 0 Å². The summed E-state index contributed by atoms with van der Waals surface area (Å²) < 4.78 is 5.09. The van der Waals surface area contributed by atoms with Crippen molar-refractivity contribution < 1.29 is 9.84 Å². The summed E-state index contributed by atoms with van der Waals surface area (Å²) in [7, 11) is 1.67. The molecule has 2 atom stereocenters. The summed E-state index contributed by atoms with van der Waals surface area (Å²) in [5.41, 5.74) is 1.06. The number of hydrogen-bond donors (Lipinski definition) is 1. The predicted octanol–water partition coefficient (Wildman–Crippen LogP) is 2.70. The highest BCUT2D eigenvalue weighted by Crippen LogP contribution is 2.26. The van der Waals surface area contributed by atoms with Crippen molar-refractivity contribution in [3.8, 4) is 0 Å². The molecular weight excluding hydrogens is 212 g/mol. The monoisotopic (exact) mass is 228 g/mol. The summed E-state index contributed by atoms with van der Waals surface area (Å²) >= 11 is 5.91. The number of benzene rings is 1. The van der Waals surface area contributed by atoms with Gasteiger partial charge in [0.25, 0.3) is 0 Å². The van der Waals surface area contributed by atoms with E-state index in [2.05, 4.69) is 6.92 Å². The van der Waals surface area contributed by atoms with Gasteiger partial charge in [0, 0.05) is 24.7 Å². The van der Waals surface area contributed by atoms with Gasteiger partial charge < -0.3 is 9.84 Å². The minimum absolute atomic E-state index is 0.0867. The lowest BCUT2D eigenvalue weighted by atomic mass is 9.88. The number of aliphatic hydroxyl groups is 1. The first-order chi connectivity index (χ1) is 7.19. The topological polar surface area (TPSA) is 29.5 Å². The number of methoxy groups -OCH3 is 1. The van der Waals surface area contributed by atoms with Crippen LogP contribution in [0.3, 0.4) is 0 Å². The molecule has 0 aliphatic rings. The van der Waals surface area contributed by atoms with E-state index in [4.69, 9.17) is 16.3 Å². The molecule has 84 valence electrons. The molecule has 0 amide bonds. The van der Waals surface area contributed by atoms with Gasteiger partial charge in [0.15, 0.2) is 0 Å². The molecule has 15 heavy (non-hydrogen) atoms. The zero-order valence-corrected chi connectivity index (χ0v) is 9.87. The lowest BCUT2D eigenvalue weighted by Crippen LogP contribution is -2.18. The van der Waals surface area contributed by atoms with Crippen LogP contribution in [-0.4, -0.2) is 25.4 Å². The van der Waals surface area contributed by atoms with Crippen LogP contribution in [0.15, 0.2) is 24.3 Å². The molecule has 0 radical (unpaired) electrons. The quantitative estimate of drug-likeness (QED) is 0.840. The smallest absolute Gasteiger partial charge is 0.0503 e. The van der Waals surface area contributed by atoms with Crippen molar-refractivity contribution in [1.29, 1.82) is 0 Å². The second kappa shape index (κ2) is 6.11. The maximum atomic E-state index is 9.37. The van der Waals surface area contributed by atoms with Crippen LogP contribution in [0, 0.1) is 5.92 Å². The minimum Gasteiger partial charge on any atom is -0.396 e. The lowest BCUT2D eigenvalue weighted by Gasteiger charge is -2.21. The van der Waals surface area contributed by atoms with Crippen molar-refractivity contribution in [3.05, 3.63) is 34.9 Å². The van der Waals surface area contributed by atoms with Crippen molar-refractivity contribution in [1.82, 2.24) is 0 Å². The van der Waals surface area contributed by atoms with Gasteiger partial charge >= 0.3 is 0 Å². The number of halogens is 1. The fourth-order valence-electron chi connectivity index (χ4n) is 1.73. The molecular formula is C12H17ClO2. The number of ether oxygens (including phenoxy) is 1. The number of aliphatic hydroxyl groups excluding tert-OH is 1. The number of rotatable bonds is 5. The zero-order valence-electron chi connectivity index (χ0n) is 9.11. The summed E-state index contributed by atoms with van der Waals surface area (Å²) in [6.07, 6.45) is 0. The van der Waals surface area contributed by atoms with E-state index in [0.29, 0.717) is 11.6 Å². The summed E-state index contributed by atoms with van der Waals surface area (Å²) in [6.45, 7) is 2.81. The van der Waals surface area contributed by atoms with Crippen LogP contribution in [-0.2, 0) is 4.74 Å². The first-order valence-electron chi connectivity index (χ1n) is 5.04. The zero-order chi connectivity index (χ0) is 11.3. The molecule has 1 N–H and O–H groups in total. The van der Waals surface area contributed by atoms with Gasteiger partial charge in [-0.1, -0.05) is 30.7 Å². The molecule has 3 heteroatoms. The van der Waals surface area contributed by atoms with Gasteiger partial charge in [-0.15, -0.1) is 0 Å². The molecule has 1 aromatic carbocycles. The van der Waals surface area contributed by atoms with Crippen LogP contribution in [0.5, 0.6) is 0 Å². The summed E-state index contributed by atoms with van der Waals surface area (Å²) in [6, 6.07) is 7.62. The SMILES string of the molecule is COCC(C)C(CO)c1cccc(Cl)c1. The maximum absolute atomic E-state index is 9.37. The Balaban J connectivity index is 2.82. The Hall–Kier alpha value is -0.570. The standard InChI is InChI=1S/C12H17ClO2/c1-9(8-15-2)12(7-14)10-4-3-5-11(13)6-10/h3-6,9,12,14H,7-8H2,1-2H3. The van der Waals surface area contributed by atoms with Crippen LogP contribution in [0.2, 0.25) is 5.02 Å². The highest BCUT2D eigenvalue weighted by Gasteiger charge is 2.18. The fraction of sp³-hybridized carbons (Fsp3) is 0.500. The molecule has 0 spiro atoms. The van der Waals surface area contributed by atoms with Crippen molar-refractivity contribution >= 4 is 11.6 Å².